The summed E-state index contributed by atoms with van der Waals surface area (Å²) in [6.45, 7) is 5.29. The Morgan fingerprint density at radius 1 is 1.39 bits per heavy atom. The van der Waals surface area contributed by atoms with Gasteiger partial charge in [-0.05, 0) is 31.7 Å². The second kappa shape index (κ2) is 7.88. The van der Waals surface area contributed by atoms with Gasteiger partial charge >= 0.3 is 5.97 Å². The molecule has 1 rings (SSSR count). The van der Waals surface area contributed by atoms with Crippen LogP contribution in [0.1, 0.15) is 30.9 Å². The summed E-state index contributed by atoms with van der Waals surface area (Å²) >= 11 is 0. The number of hydrogen-bond donors (Lipinski definition) is 1. The molecule has 0 aliphatic heterocycles. The van der Waals surface area contributed by atoms with Crippen molar-refractivity contribution in [2.75, 3.05) is 13.2 Å². The lowest BCUT2D eigenvalue weighted by Crippen LogP contribution is -2.18. The molecular formula is C15H22O3. The minimum absolute atomic E-state index is 0.358. The quantitative estimate of drug-likeness (QED) is 0.721. The summed E-state index contributed by atoms with van der Waals surface area (Å²) in [6.07, 6.45) is 2.12. The molecule has 0 aromatic heterocycles. The maximum atomic E-state index is 11.2. The number of aliphatic carboxylic acids is 1. The normalized spacial score (nSPS) is 12.3. The zero-order chi connectivity index (χ0) is 13.4. The fraction of sp³-hybridized carbons (Fsp3) is 0.533. The van der Waals surface area contributed by atoms with Gasteiger partial charge in [-0.3, -0.25) is 4.79 Å². The number of hydrogen-bond acceptors (Lipinski definition) is 2. The molecule has 3 heteroatoms. The monoisotopic (exact) mass is 250 g/mol. The van der Waals surface area contributed by atoms with Gasteiger partial charge in [0.15, 0.2) is 0 Å². The molecule has 0 aliphatic carbocycles. The van der Waals surface area contributed by atoms with Gasteiger partial charge in [0.25, 0.3) is 0 Å². The third kappa shape index (κ3) is 5.32. The Morgan fingerprint density at radius 3 is 2.78 bits per heavy atom. The van der Waals surface area contributed by atoms with E-state index in [1.807, 2.05) is 38.1 Å². The molecule has 0 saturated carbocycles. The SMILES string of the molecule is CCCOCCC(Cc1cccc(C)c1)C(=O)O. The van der Waals surface area contributed by atoms with Gasteiger partial charge in [-0.1, -0.05) is 36.8 Å². The van der Waals surface area contributed by atoms with Crippen molar-refractivity contribution in [2.24, 2.45) is 5.92 Å². The average Bonchev–Trinajstić information content (AvgIpc) is 2.33. The van der Waals surface area contributed by atoms with Crippen LogP contribution in [0.5, 0.6) is 0 Å². The molecule has 0 bridgehead atoms. The summed E-state index contributed by atoms with van der Waals surface area (Å²) in [6, 6.07) is 8.01. The van der Waals surface area contributed by atoms with Crippen LogP contribution in [0.2, 0.25) is 0 Å². The zero-order valence-corrected chi connectivity index (χ0v) is 11.2. The molecule has 18 heavy (non-hydrogen) atoms. The third-order valence-corrected chi connectivity index (χ3v) is 2.87. The van der Waals surface area contributed by atoms with Crippen molar-refractivity contribution in [3.8, 4) is 0 Å². The van der Waals surface area contributed by atoms with E-state index in [0.717, 1.165) is 12.0 Å². The Kier molecular flexibility index (Phi) is 6.44. The van der Waals surface area contributed by atoms with Gasteiger partial charge in [0, 0.05) is 13.2 Å². The molecule has 0 aliphatic rings. The highest BCUT2D eigenvalue weighted by molar-refractivity contribution is 5.70. The highest BCUT2D eigenvalue weighted by Gasteiger charge is 2.17. The predicted molar refractivity (Wildman–Crippen MR) is 71.7 cm³/mol. The Labute approximate surface area is 109 Å². The predicted octanol–water partition coefficient (Wildman–Crippen LogP) is 3.06. The van der Waals surface area contributed by atoms with Gasteiger partial charge in [-0.25, -0.2) is 0 Å². The zero-order valence-electron chi connectivity index (χ0n) is 11.2. The Hall–Kier alpha value is -1.35. The maximum absolute atomic E-state index is 11.2. The van der Waals surface area contributed by atoms with Gasteiger partial charge in [0.2, 0.25) is 0 Å². The van der Waals surface area contributed by atoms with E-state index < -0.39 is 5.97 Å². The summed E-state index contributed by atoms with van der Waals surface area (Å²) in [5.41, 5.74) is 2.25. The molecule has 0 spiro atoms. The summed E-state index contributed by atoms with van der Waals surface area (Å²) in [5, 5.41) is 9.20. The summed E-state index contributed by atoms with van der Waals surface area (Å²) in [4.78, 5) is 11.2. The largest absolute Gasteiger partial charge is 0.481 e. The lowest BCUT2D eigenvalue weighted by atomic mass is 9.96. The van der Waals surface area contributed by atoms with Crippen LogP contribution >= 0.6 is 0 Å². The minimum Gasteiger partial charge on any atom is -0.481 e. The van der Waals surface area contributed by atoms with E-state index in [-0.39, 0.29) is 5.92 Å². The third-order valence-electron chi connectivity index (χ3n) is 2.87. The van der Waals surface area contributed by atoms with E-state index in [4.69, 9.17) is 4.74 Å². The average molecular weight is 250 g/mol. The molecular weight excluding hydrogens is 228 g/mol. The van der Waals surface area contributed by atoms with Crippen LogP contribution in [0.3, 0.4) is 0 Å². The van der Waals surface area contributed by atoms with Gasteiger partial charge in [-0.15, -0.1) is 0 Å². The van der Waals surface area contributed by atoms with Gasteiger partial charge in [0.1, 0.15) is 0 Å². The van der Waals surface area contributed by atoms with Crippen molar-refractivity contribution >= 4 is 5.97 Å². The minimum atomic E-state index is -0.739. The van der Waals surface area contributed by atoms with Crippen LogP contribution in [-0.2, 0) is 16.0 Å². The first-order valence-corrected chi connectivity index (χ1v) is 6.49. The van der Waals surface area contributed by atoms with E-state index >= 15 is 0 Å². The second-order valence-corrected chi connectivity index (χ2v) is 4.63. The van der Waals surface area contributed by atoms with Gasteiger partial charge in [-0.2, -0.15) is 0 Å². The molecule has 1 N–H and O–H groups in total. The van der Waals surface area contributed by atoms with Crippen LogP contribution in [0.4, 0.5) is 0 Å². The number of carbonyl (C=O) groups is 1. The molecule has 3 nitrogen and oxygen atoms in total. The van der Waals surface area contributed by atoms with E-state index in [2.05, 4.69) is 0 Å². The number of aryl methyl sites for hydroxylation is 1. The first kappa shape index (κ1) is 14.7. The fourth-order valence-electron chi connectivity index (χ4n) is 1.91. The lowest BCUT2D eigenvalue weighted by Gasteiger charge is -2.12. The second-order valence-electron chi connectivity index (χ2n) is 4.63. The van der Waals surface area contributed by atoms with Gasteiger partial charge < -0.3 is 9.84 Å². The maximum Gasteiger partial charge on any atom is 0.306 e. The molecule has 0 radical (unpaired) electrons. The molecule has 0 amide bonds. The van der Waals surface area contributed by atoms with Crippen molar-refractivity contribution in [1.82, 2.24) is 0 Å². The molecule has 1 atom stereocenters. The molecule has 1 aromatic carbocycles. The lowest BCUT2D eigenvalue weighted by molar-refractivity contribution is -0.142. The Bertz CT molecular complexity index is 374. The molecule has 1 aromatic rings. The summed E-state index contributed by atoms with van der Waals surface area (Å²) in [7, 11) is 0. The summed E-state index contributed by atoms with van der Waals surface area (Å²) in [5.74, 6) is -1.10. The van der Waals surface area contributed by atoms with E-state index in [1.54, 1.807) is 0 Å². The molecule has 0 heterocycles. The van der Waals surface area contributed by atoms with Crippen molar-refractivity contribution < 1.29 is 14.6 Å². The standard InChI is InChI=1S/C15H22O3/c1-3-8-18-9-7-14(15(16)17)11-13-6-4-5-12(2)10-13/h4-6,10,14H,3,7-9,11H2,1-2H3,(H,16,17). The van der Waals surface area contributed by atoms with Crippen LogP contribution in [0.25, 0.3) is 0 Å². The van der Waals surface area contributed by atoms with E-state index in [0.29, 0.717) is 26.1 Å². The molecule has 0 fully saturated rings. The number of carboxylic acid groups (broad SMARTS) is 1. The van der Waals surface area contributed by atoms with E-state index in [9.17, 15) is 9.90 Å². The highest BCUT2D eigenvalue weighted by Crippen LogP contribution is 2.14. The number of ether oxygens (including phenoxy) is 1. The molecule has 1 unspecified atom stereocenters. The van der Waals surface area contributed by atoms with Crippen LogP contribution in [0.15, 0.2) is 24.3 Å². The smallest absolute Gasteiger partial charge is 0.306 e. The van der Waals surface area contributed by atoms with Crippen molar-refractivity contribution in [2.45, 2.75) is 33.1 Å². The first-order valence-electron chi connectivity index (χ1n) is 6.49. The molecule has 100 valence electrons. The number of carboxylic acids is 1. The van der Waals surface area contributed by atoms with E-state index in [1.165, 1.54) is 5.56 Å². The van der Waals surface area contributed by atoms with Crippen LogP contribution in [-0.4, -0.2) is 24.3 Å². The highest BCUT2D eigenvalue weighted by atomic mass is 16.5. The van der Waals surface area contributed by atoms with Crippen LogP contribution < -0.4 is 0 Å². The summed E-state index contributed by atoms with van der Waals surface area (Å²) < 4.78 is 5.36. The van der Waals surface area contributed by atoms with Crippen molar-refractivity contribution in [3.05, 3.63) is 35.4 Å². The number of benzene rings is 1. The van der Waals surface area contributed by atoms with Crippen molar-refractivity contribution in [1.29, 1.82) is 0 Å². The van der Waals surface area contributed by atoms with Gasteiger partial charge in [0.05, 0.1) is 5.92 Å². The Balaban J connectivity index is 2.50. The fourth-order valence-corrected chi connectivity index (χ4v) is 1.91. The van der Waals surface area contributed by atoms with Crippen LogP contribution in [0, 0.1) is 12.8 Å². The molecule has 0 saturated heterocycles. The van der Waals surface area contributed by atoms with Crippen molar-refractivity contribution in [3.63, 3.8) is 0 Å². The topological polar surface area (TPSA) is 46.5 Å². The number of rotatable bonds is 8. The first-order chi connectivity index (χ1) is 8.63. The Morgan fingerprint density at radius 2 is 2.17 bits per heavy atom.